The molecule has 6 heteroatoms. The van der Waals surface area contributed by atoms with Gasteiger partial charge in [0.15, 0.2) is 5.75 Å². The zero-order chi connectivity index (χ0) is 13.1. The van der Waals surface area contributed by atoms with Crippen LogP contribution in [0.3, 0.4) is 0 Å². The van der Waals surface area contributed by atoms with Crippen LogP contribution in [0.5, 0.6) is 5.75 Å². The fraction of sp³-hybridized carbons (Fsp3) is 0.583. The van der Waals surface area contributed by atoms with Gasteiger partial charge in [-0.25, -0.2) is 0 Å². The molecule has 100 valence electrons. The van der Waals surface area contributed by atoms with E-state index in [2.05, 4.69) is 4.90 Å². The molecule has 0 aromatic carbocycles. The molecule has 2 rings (SSSR count). The highest BCUT2D eigenvalue weighted by atomic mass is 32.1. The van der Waals surface area contributed by atoms with Gasteiger partial charge in [0.2, 0.25) is 0 Å². The number of thiophene rings is 1. The molecule has 0 radical (unpaired) electrons. The Morgan fingerprint density at radius 1 is 1.28 bits per heavy atom. The Morgan fingerprint density at radius 2 is 1.89 bits per heavy atom. The van der Waals surface area contributed by atoms with E-state index in [1.165, 1.54) is 24.2 Å². The number of nitrogen functional groups attached to an aromatic ring is 1. The lowest BCUT2D eigenvalue weighted by atomic mass is 10.2. The molecular formula is C12H19N3O2S. The number of hydrogen-bond acceptors (Lipinski definition) is 5. The summed E-state index contributed by atoms with van der Waals surface area (Å²) in [5, 5.41) is 0.936. The summed E-state index contributed by atoms with van der Waals surface area (Å²) in [7, 11) is 1.57. The molecule has 0 aliphatic carbocycles. The van der Waals surface area contributed by atoms with Gasteiger partial charge >= 0.3 is 0 Å². The zero-order valence-corrected chi connectivity index (χ0v) is 11.4. The van der Waals surface area contributed by atoms with Crippen LogP contribution in [-0.2, 0) is 0 Å². The van der Waals surface area contributed by atoms with E-state index in [-0.39, 0.29) is 0 Å². The molecule has 1 aliphatic rings. The standard InChI is InChI=1S/C12H19N3O2S/c1-17-9-8(13)10(11(14)16)18-12(9)15-6-4-2-3-5-7-15/h2-7,13H2,1H3,(H2,14,16). The first kappa shape index (κ1) is 13.0. The van der Waals surface area contributed by atoms with Crippen molar-refractivity contribution in [1.29, 1.82) is 0 Å². The van der Waals surface area contributed by atoms with E-state index < -0.39 is 5.91 Å². The van der Waals surface area contributed by atoms with Gasteiger partial charge in [-0.1, -0.05) is 12.8 Å². The Balaban J connectivity index is 2.36. The summed E-state index contributed by atoms with van der Waals surface area (Å²) in [5.74, 6) is 0.104. The summed E-state index contributed by atoms with van der Waals surface area (Å²) < 4.78 is 5.34. The van der Waals surface area contributed by atoms with E-state index in [0.717, 1.165) is 30.9 Å². The third-order valence-electron chi connectivity index (χ3n) is 3.20. The number of rotatable bonds is 3. The van der Waals surface area contributed by atoms with Gasteiger partial charge in [-0.2, -0.15) is 0 Å². The Hall–Kier alpha value is -1.43. The van der Waals surface area contributed by atoms with Crippen LogP contribution in [0, 0.1) is 0 Å². The highest BCUT2D eigenvalue weighted by Gasteiger charge is 2.24. The molecule has 2 heterocycles. The molecule has 0 bridgehead atoms. The van der Waals surface area contributed by atoms with Crippen LogP contribution < -0.4 is 21.1 Å². The molecule has 0 unspecified atom stereocenters. The van der Waals surface area contributed by atoms with Gasteiger partial charge < -0.3 is 21.1 Å². The molecule has 0 spiro atoms. The SMILES string of the molecule is COc1c(N2CCCCCC2)sc(C(N)=O)c1N. The van der Waals surface area contributed by atoms with E-state index in [1.807, 2.05) is 0 Å². The van der Waals surface area contributed by atoms with Crippen molar-refractivity contribution in [2.45, 2.75) is 25.7 Å². The monoisotopic (exact) mass is 269 g/mol. The summed E-state index contributed by atoms with van der Waals surface area (Å²) in [6.07, 6.45) is 4.82. The van der Waals surface area contributed by atoms with Crippen LogP contribution in [0.2, 0.25) is 0 Å². The number of carbonyl (C=O) groups excluding carboxylic acids is 1. The molecule has 1 saturated heterocycles. The van der Waals surface area contributed by atoms with Crippen LogP contribution in [0.15, 0.2) is 0 Å². The normalized spacial score (nSPS) is 16.4. The van der Waals surface area contributed by atoms with Crippen molar-refractivity contribution in [3.63, 3.8) is 0 Å². The van der Waals surface area contributed by atoms with Crippen molar-refractivity contribution in [1.82, 2.24) is 0 Å². The van der Waals surface area contributed by atoms with Crippen molar-refractivity contribution in [2.75, 3.05) is 30.8 Å². The van der Waals surface area contributed by atoms with E-state index in [9.17, 15) is 4.79 Å². The Labute approximate surface area is 111 Å². The van der Waals surface area contributed by atoms with Gasteiger partial charge in [-0.3, -0.25) is 4.79 Å². The number of primary amides is 1. The Kier molecular flexibility index (Phi) is 3.96. The lowest BCUT2D eigenvalue weighted by molar-refractivity contribution is 0.100. The molecule has 1 amide bonds. The average Bonchev–Trinajstić information content (AvgIpc) is 2.54. The number of methoxy groups -OCH3 is 1. The predicted molar refractivity (Wildman–Crippen MR) is 74.5 cm³/mol. The zero-order valence-electron chi connectivity index (χ0n) is 10.6. The summed E-state index contributed by atoms with van der Waals surface area (Å²) >= 11 is 1.34. The van der Waals surface area contributed by atoms with Gasteiger partial charge in [0.05, 0.1) is 7.11 Å². The van der Waals surface area contributed by atoms with Gasteiger partial charge in [0.25, 0.3) is 5.91 Å². The molecule has 1 aromatic heterocycles. The van der Waals surface area contributed by atoms with E-state index >= 15 is 0 Å². The molecule has 0 saturated carbocycles. The van der Waals surface area contributed by atoms with Crippen LogP contribution in [-0.4, -0.2) is 26.1 Å². The van der Waals surface area contributed by atoms with Gasteiger partial charge in [0, 0.05) is 13.1 Å². The second-order valence-corrected chi connectivity index (χ2v) is 5.45. The first-order chi connectivity index (χ1) is 8.65. The minimum absolute atomic E-state index is 0.370. The predicted octanol–water partition coefficient (Wildman–Crippen LogP) is 1.82. The topological polar surface area (TPSA) is 81.6 Å². The highest BCUT2D eigenvalue weighted by molar-refractivity contribution is 7.19. The van der Waals surface area contributed by atoms with Crippen molar-refractivity contribution in [2.24, 2.45) is 5.73 Å². The fourth-order valence-electron chi connectivity index (χ4n) is 2.28. The molecule has 5 nitrogen and oxygen atoms in total. The molecule has 4 N–H and O–H groups in total. The molecular weight excluding hydrogens is 250 g/mol. The lowest BCUT2D eigenvalue weighted by Gasteiger charge is -2.21. The van der Waals surface area contributed by atoms with E-state index in [1.54, 1.807) is 7.11 Å². The number of carbonyl (C=O) groups is 1. The number of hydrogen-bond donors (Lipinski definition) is 2. The third kappa shape index (κ3) is 2.38. The Morgan fingerprint density at radius 3 is 2.39 bits per heavy atom. The molecule has 0 atom stereocenters. The van der Waals surface area contributed by atoms with Crippen molar-refractivity contribution in [3.05, 3.63) is 4.88 Å². The molecule has 1 fully saturated rings. The lowest BCUT2D eigenvalue weighted by Crippen LogP contribution is -2.23. The van der Waals surface area contributed by atoms with Crippen molar-refractivity contribution < 1.29 is 9.53 Å². The van der Waals surface area contributed by atoms with Crippen LogP contribution >= 0.6 is 11.3 Å². The smallest absolute Gasteiger partial charge is 0.261 e. The number of ether oxygens (including phenoxy) is 1. The number of nitrogens with zero attached hydrogens (tertiary/aromatic N) is 1. The summed E-state index contributed by atoms with van der Waals surface area (Å²) in [5.41, 5.74) is 11.6. The first-order valence-electron chi connectivity index (χ1n) is 6.16. The summed E-state index contributed by atoms with van der Waals surface area (Å²) in [4.78, 5) is 14.0. The van der Waals surface area contributed by atoms with Crippen molar-refractivity contribution in [3.8, 4) is 5.75 Å². The average molecular weight is 269 g/mol. The minimum atomic E-state index is -0.489. The maximum absolute atomic E-state index is 11.3. The van der Waals surface area contributed by atoms with Gasteiger partial charge in [0.1, 0.15) is 15.6 Å². The van der Waals surface area contributed by atoms with Gasteiger partial charge in [-0.05, 0) is 12.8 Å². The number of amides is 1. The highest BCUT2D eigenvalue weighted by Crippen LogP contribution is 2.45. The maximum Gasteiger partial charge on any atom is 0.261 e. The number of nitrogens with two attached hydrogens (primary N) is 2. The van der Waals surface area contributed by atoms with E-state index in [4.69, 9.17) is 16.2 Å². The van der Waals surface area contributed by atoms with Crippen LogP contribution in [0.25, 0.3) is 0 Å². The summed E-state index contributed by atoms with van der Waals surface area (Å²) in [6.45, 7) is 1.96. The Bertz CT molecular complexity index is 437. The fourth-order valence-corrected chi connectivity index (χ4v) is 3.37. The minimum Gasteiger partial charge on any atom is -0.492 e. The quantitative estimate of drug-likeness (QED) is 0.877. The van der Waals surface area contributed by atoms with Crippen LogP contribution in [0.4, 0.5) is 10.7 Å². The summed E-state index contributed by atoms with van der Waals surface area (Å²) in [6, 6.07) is 0. The van der Waals surface area contributed by atoms with Crippen LogP contribution in [0.1, 0.15) is 35.4 Å². The molecule has 1 aliphatic heterocycles. The maximum atomic E-state index is 11.3. The first-order valence-corrected chi connectivity index (χ1v) is 6.97. The molecule has 1 aromatic rings. The van der Waals surface area contributed by atoms with E-state index in [0.29, 0.717) is 16.3 Å². The number of anilines is 2. The van der Waals surface area contributed by atoms with Crippen molar-refractivity contribution >= 4 is 27.9 Å². The van der Waals surface area contributed by atoms with Gasteiger partial charge in [-0.15, -0.1) is 11.3 Å². The second-order valence-electron chi connectivity index (χ2n) is 4.45. The largest absolute Gasteiger partial charge is 0.492 e. The second kappa shape index (κ2) is 5.48. The molecule has 18 heavy (non-hydrogen) atoms. The third-order valence-corrected chi connectivity index (χ3v) is 4.47.